The van der Waals surface area contributed by atoms with Gasteiger partial charge in [0.15, 0.2) is 0 Å². The van der Waals surface area contributed by atoms with Gasteiger partial charge in [-0.05, 0) is 106 Å². The number of aliphatic hydroxyl groups is 1. The Kier molecular flexibility index (Phi) is 5.33. The molecule has 2 saturated carbocycles. The Morgan fingerprint density at radius 3 is 2.44 bits per heavy atom. The number of hydrogen-bond donors (Lipinski definition) is 3. The molecule has 0 heterocycles. The molecule has 150 valence electrons. The van der Waals surface area contributed by atoms with Gasteiger partial charge in [0.2, 0.25) is 0 Å². The highest BCUT2D eigenvalue weighted by molar-refractivity contribution is 5.72. The second-order valence-electron chi connectivity index (χ2n) is 9.99. The molecule has 3 N–H and O–H groups in total. The number of aliphatic carboxylic acids is 1. The molecule has 5 atom stereocenters. The monoisotopic (exact) mass is 374 g/mol. The number of hydrogen-bond acceptors (Lipinski definition) is 3. The molecule has 4 nitrogen and oxygen atoms in total. The summed E-state index contributed by atoms with van der Waals surface area (Å²) < 4.78 is 0. The lowest BCUT2D eigenvalue weighted by Gasteiger charge is -2.50. The minimum absolute atomic E-state index is 0.0883. The Balaban J connectivity index is 0.000000260. The topological polar surface area (TPSA) is 77.8 Å². The summed E-state index contributed by atoms with van der Waals surface area (Å²) in [5.74, 6) is 1.73. The molecule has 0 bridgehead atoms. The number of carboxylic acid groups (broad SMARTS) is 1. The summed E-state index contributed by atoms with van der Waals surface area (Å²) in [6.45, 7) is 7.30. The molecule has 0 aliphatic heterocycles. The molecule has 0 aromatic heterocycles. The molecule has 1 aromatic carbocycles. The minimum atomic E-state index is -0.757. The van der Waals surface area contributed by atoms with E-state index in [0.29, 0.717) is 17.6 Å². The molecular formula is C23H34O4. The minimum Gasteiger partial charge on any atom is -0.508 e. The van der Waals surface area contributed by atoms with Gasteiger partial charge in [-0.3, -0.25) is 4.79 Å². The lowest BCUT2D eigenvalue weighted by molar-refractivity contribution is -0.145. The van der Waals surface area contributed by atoms with Gasteiger partial charge < -0.3 is 15.3 Å². The maximum absolute atomic E-state index is 10.4. The molecule has 3 aliphatic carbocycles. The standard InChI is InChI=1S/C18H24O2.C5H10O2/c1-18-9-8-14-13-5-3-12(19)10-11(13)2-4-15(14)16(18)6-7-17(18)20;1-5(2,3)4(6)7/h3,5,10,14-17,19-20H,2,4,6-9H2,1H3;1-3H3,(H,6,7)/t14-,15-,16+,17+,18+;/m1./s1. The van der Waals surface area contributed by atoms with Crippen molar-refractivity contribution in [1.29, 1.82) is 0 Å². The van der Waals surface area contributed by atoms with Crippen molar-refractivity contribution in [2.75, 3.05) is 0 Å². The van der Waals surface area contributed by atoms with Crippen molar-refractivity contribution in [3.05, 3.63) is 29.3 Å². The van der Waals surface area contributed by atoms with Crippen molar-refractivity contribution in [1.82, 2.24) is 0 Å². The van der Waals surface area contributed by atoms with Crippen molar-refractivity contribution < 1.29 is 20.1 Å². The van der Waals surface area contributed by atoms with Crippen LogP contribution >= 0.6 is 0 Å². The third-order valence-corrected chi connectivity index (χ3v) is 7.30. The Hall–Kier alpha value is -1.55. The summed E-state index contributed by atoms with van der Waals surface area (Å²) in [4.78, 5) is 10.0. The van der Waals surface area contributed by atoms with Crippen LogP contribution in [0.5, 0.6) is 5.75 Å². The van der Waals surface area contributed by atoms with E-state index in [1.54, 1.807) is 20.8 Å². The van der Waals surface area contributed by atoms with E-state index in [2.05, 4.69) is 13.0 Å². The predicted molar refractivity (Wildman–Crippen MR) is 106 cm³/mol. The van der Waals surface area contributed by atoms with Crippen LogP contribution in [0.2, 0.25) is 0 Å². The van der Waals surface area contributed by atoms with Crippen molar-refractivity contribution in [3.8, 4) is 5.75 Å². The molecule has 0 saturated heterocycles. The van der Waals surface area contributed by atoms with E-state index >= 15 is 0 Å². The lowest BCUT2D eigenvalue weighted by atomic mass is 9.55. The summed E-state index contributed by atoms with van der Waals surface area (Å²) in [7, 11) is 0. The van der Waals surface area contributed by atoms with E-state index in [4.69, 9.17) is 5.11 Å². The predicted octanol–water partition coefficient (Wildman–Crippen LogP) is 4.73. The number of fused-ring (bicyclic) bond motifs is 5. The average Bonchev–Trinajstić information content (AvgIpc) is 2.89. The Morgan fingerprint density at radius 1 is 1.15 bits per heavy atom. The van der Waals surface area contributed by atoms with Crippen LogP contribution in [0.4, 0.5) is 0 Å². The normalized spacial score (nSPS) is 34.6. The quantitative estimate of drug-likeness (QED) is 0.614. The van der Waals surface area contributed by atoms with Gasteiger partial charge in [0, 0.05) is 0 Å². The van der Waals surface area contributed by atoms with E-state index in [1.807, 2.05) is 12.1 Å². The second kappa shape index (κ2) is 7.12. The van der Waals surface area contributed by atoms with Gasteiger partial charge in [0.25, 0.3) is 0 Å². The van der Waals surface area contributed by atoms with Crippen LogP contribution in [0.25, 0.3) is 0 Å². The number of benzene rings is 1. The third-order valence-electron chi connectivity index (χ3n) is 7.30. The molecule has 0 unspecified atom stereocenters. The van der Waals surface area contributed by atoms with Crippen LogP contribution < -0.4 is 0 Å². The second-order valence-corrected chi connectivity index (χ2v) is 9.99. The summed E-state index contributed by atoms with van der Waals surface area (Å²) >= 11 is 0. The van der Waals surface area contributed by atoms with Gasteiger partial charge in [-0.25, -0.2) is 0 Å². The number of carbonyl (C=O) groups is 1. The Morgan fingerprint density at radius 2 is 1.81 bits per heavy atom. The summed E-state index contributed by atoms with van der Waals surface area (Å²) in [6.07, 6.45) is 6.78. The highest BCUT2D eigenvalue weighted by Crippen LogP contribution is 2.60. The molecule has 1 aromatic rings. The molecule has 0 radical (unpaired) electrons. The fourth-order valence-corrected chi connectivity index (χ4v) is 5.54. The van der Waals surface area contributed by atoms with Crippen LogP contribution in [0.1, 0.15) is 76.8 Å². The highest BCUT2D eigenvalue weighted by atomic mass is 16.4. The first kappa shape index (κ1) is 20.2. The van der Waals surface area contributed by atoms with Crippen molar-refractivity contribution in [2.45, 2.75) is 78.2 Å². The van der Waals surface area contributed by atoms with Crippen molar-refractivity contribution >= 4 is 5.97 Å². The van der Waals surface area contributed by atoms with E-state index in [-0.39, 0.29) is 11.5 Å². The van der Waals surface area contributed by atoms with Gasteiger partial charge in [-0.2, -0.15) is 0 Å². The highest BCUT2D eigenvalue weighted by Gasteiger charge is 2.54. The zero-order valence-corrected chi connectivity index (χ0v) is 17.0. The Bertz CT molecular complexity index is 705. The first-order valence-electron chi connectivity index (χ1n) is 10.3. The van der Waals surface area contributed by atoms with E-state index in [9.17, 15) is 15.0 Å². The zero-order valence-electron chi connectivity index (χ0n) is 17.0. The largest absolute Gasteiger partial charge is 0.508 e. The summed E-state index contributed by atoms with van der Waals surface area (Å²) in [5.41, 5.74) is 2.41. The van der Waals surface area contributed by atoms with Gasteiger partial charge in [0.1, 0.15) is 5.75 Å². The number of carboxylic acids is 1. The summed E-state index contributed by atoms with van der Waals surface area (Å²) in [6, 6.07) is 5.96. The number of aliphatic hydroxyl groups excluding tert-OH is 1. The van der Waals surface area contributed by atoms with Gasteiger partial charge in [-0.1, -0.05) is 13.0 Å². The van der Waals surface area contributed by atoms with E-state index in [1.165, 1.54) is 30.4 Å². The van der Waals surface area contributed by atoms with E-state index in [0.717, 1.165) is 25.2 Å². The zero-order chi connectivity index (χ0) is 20.0. The Labute approximate surface area is 162 Å². The lowest BCUT2D eigenvalue weighted by Crippen LogP contribution is -2.43. The third kappa shape index (κ3) is 3.73. The molecule has 0 spiro atoms. The van der Waals surface area contributed by atoms with Crippen LogP contribution in [0.15, 0.2) is 18.2 Å². The van der Waals surface area contributed by atoms with Gasteiger partial charge in [-0.15, -0.1) is 0 Å². The van der Waals surface area contributed by atoms with Gasteiger partial charge in [0.05, 0.1) is 11.5 Å². The number of aryl methyl sites for hydroxylation is 1. The van der Waals surface area contributed by atoms with Crippen molar-refractivity contribution in [3.63, 3.8) is 0 Å². The molecule has 2 fully saturated rings. The number of phenols is 1. The van der Waals surface area contributed by atoms with Crippen LogP contribution in [-0.4, -0.2) is 27.4 Å². The van der Waals surface area contributed by atoms with Crippen molar-refractivity contribution in [2.24, 2.45) is 22.7 Å². The summed E-state index contributed by atoms with van der Waals surface area (Å²) in [5, 5.41) is 28.3. The number of phenolic OH excluding ortho intramolecular Hbond substituents is 1. The van der Waals surface area contributed by atoms with Gasteiger partial charge >= 0.3 is 5.97 Å². The molecule has 3 aliphatic rings. The molecule has 0 amide bonds. The number of aromatic hydroxyl groups is 1. The first-order valence-corrected chi connectivity index (χ1v) is 10.3. The average molecular weight is 375 g/mol. The molecule has 4 heteroatoms. The smallest absolute Gasteiger partial charge is 0.308 e. The molecule has 27 heavy (non-hydrogen) atoms. The van der Waals surface area contributed by atoms with E-state index < -0.39 is 11.4 Å². The fraction of sp³-hybridized carbons (Fsp3) is 0.696. The molecule has 4 rings (SSSR count). The van der Waals surface area contributed by atoms with Crippen LogP contribution in [-0.2, 0) is 11.2 Å². The maximum atomic E-state index is 10.4. The van der Waals surface area contributed by atoms with Crippen LogP contribution in [0.3, 0.4) is 0 Å². The molecular weight excluding hydrogens is 340 g/mol. The maximum Gasteiger partial charge on any atom is 0.308 e. The fourth-order valence-electron chi connectivity index (χ4n) is 5.54. The van der Waals surface area contributed by atoms with Crippen LogP contribution in [0, 0.1) is 22.7 Å². The number of rotatable bonds is 0. The SMILES string of the molecule is CC(C)(C)C(=O)O.C[C@]12CC[C@@H]3c4ccc(O)cc4CC[C@H]3[C@@H]1CC[C@@H]2O. The first-order chi connectivity index (χ1) is 12.5.